The predicted molar refractivity (Wildman–Crippen MR) is 112 cm³/mol. The van der Waals surface area contributed by atoms with Gasteiger partial charge >= 0.3 is 0 Å². The molecule has 1 N–H and O–H groups in total. The molecule has 1 aliphatic heterocycles. The van der Waals surface area contributed by atoms with E-state index in [1.54, 1.807) is 17.0 Å². The van der Waals surface area contributed by atoms with E-state index in [0.29, 0.717) is 36.5 Å². The molecule has 0 saturated carbocycles. The number of hydrogen-bond acceptors (Lipinski definition) is 4. The maximum Gasteiger partial charge on any atom is 0.251 e. The summed E-state index contributed by atoms with van der Waals surface area (Å²) in [7, 11) is -3.53. The Kier molecular flexibility index (Phi) is 6.92. The summed E-state index contributed by atoms with van der Waals surface area (Å²) < 4.78 is 24.8. The minimum absolute atomic E-state index is 0.00422. The van der Waals surface area contributed by atoms with E-state index in [4.69, 9.17) is 11.6 Å². The molecule has 0 atom stereocenters. The number of carbonyl (C=O) groups is 2. The molecule has 2 aromatic carbocycles. The van der Waals surface area contributed by atoms with Crippen molar-refractivity contribution in [1.29, 1.82) is 0 Å². The molecule has 1 aliphatic rings. The summed E-state index contributed by atoms with van der Waals surface area (Å²) in [6, 6.07) is 14.9. The van der Waals surface area contributed by atoms with Gasteiger partial charge in [0.05, 0.1) is 10.6 Å². The molecule has 8 heteroatoms. The number of piperidine rings is 1. The molecule has 1 saturated heterocycles. The average Bonchev–Trinajstić information content (AvgIpc) is 2.73. The normalized spacial score (nSPS) is 15.1. The van der Waals surface area contributed by atoms with Crippen molar-refractivity contribution in [2.45, 2.75) is 30.2 Å². The number of halogens is 1. The summed E-state index contributed by atoms with van der Waals surface area (Å²) >= 11 is 5.79. The van der Waals surface area contributed by atoms with Crippen LogP contribution in [0.1, 0.15) is 29.6 Å². The van der Waals surface area contributed by atoms with Gasteiger partial charge in [0.1, 0.15) is 0 Å². The maximum atomic E-state index is 12.4. The molecule has 154 valence electrons. The predicted octanol–water partition coefficient (Wildman–Crippen LogP) is 2.92. The van der Waals surface area contributed by atoms with Gasteiger partial charge in [-0.25, -0.2) is 8.42 Å². The number of sulfone groups is 1. The van der Waals surface area contributed by atoms with E-state index >= 15 is 0 Å². The summed E-state index contributed by atoms with van der Waals surface area (Å²) in [5.74, 6) is -0.544. The maximum absolute atomic E-state index is 12.4. The molecule has 0 aromatic heterocycles. The molecular formula is C21H23ClN2O4S. The molecular weight excluding hydrogens is 412 g/mol. The van der Waals surface area contributed by atoms with Gasteiger partial charge in [0.15, 0.2) is 9.84 Å². The zero-order valence-corrected chi connectivity index (χ0v) is 17.5. The highest BCUT2D eigenvalue weighted by Gasteiger charge is 2.25. The van der Waals surface area contributed by atoms with Crippen LogP contribution in [0, 0.1) is 0 Å². The third kappa shape index (κ3) is 5.81. The number of amides is 2. The second-order valence-electron chi connectivity index (χ2n) is 7.02. The first kappa shape index (κ1) is 21.3. The Bertz CT molecular complexity index is 954. The van der Waals surface area contributed by atoms with E-state index < -0.39 is 9.84 Å². The van der Waals surface area contributed by atoms with Crippen LogP contribution in [0.25, 0.3) is 0 Å². The molecule has 0 spiro atoms. The zero-order chi connectivity index (χ0) is 20.9. The Labute approximate surface area is 175 Å². The first-order valence-electron chi connectivity index (χ1n) is 9.47. The number of carbonyl (C=O) groups excluding carboxylic acids is 2. The lowest BCUT2D eigenvalue weighted by molar-refractivity contribution is -0.131. The molecule has 1 heterocycles. The molecule has 0 radical (unpaired) electrons. The van der Waals surface area contributed by atoms with E-state index in [9.17, 15) is 18.0 Å². The number of nitrogens with one attached hydrogen (secondary N) is 1. The lowest BCUT2D eigenvalue weighted by Gasteiger charge is -2.32. The Balaban J connectivity index is 1.46. The van der Waals surface area contributed by atoms with Gasteiger partial charge in [-0.15, -0.1) is 0 Å². The summed E-state index contributed by atoms with van der Waals surface area (Å²) in [5, 5.41) is 3.45. The summed E-state index contributed by atoms with van der Waals surface area (Å²) in [6.07, 6.45) is 1.23. The van der Waals surface area contributed by atoms with Gasteiger partial charge in [0.25, 0.3) is 5.91 Å². The second kappa shape index (κ2) is 9.41. The van der Waals surface area contributed by atoms with Gasteiger partial charge in [0.2, 0.25) is 5.91 Å². The number of rotatable bonds is 6. The third-order valence-electron chi connectivity index (χ3n) is 4.98. The van der Waals surface area contributed by atoms with Gasteiger partial charge in [-0.3, -0.25) is 9.59 Å². The van der Waals surface area contributed by atoms with Crippen LogP contribution in [0.5, 0.6) is 0 Å². The van der Waals surface area contributed by atoms with Crippen molar-refractivity contribution in [3.8, 4) is 0 Å². The van der Waals surface area contributed by atoms with Crippen molar-refractivity contribution in [2.75, 3.05) is 18.8 Å². The highest BCUT2D eigenvalue weighted by molar-refractivity contribution is 7.91. The number of likely N-dealkylation sites (tertiary alicyclic amines) is 1. The van der Waals surface area contributed by atoms with Crippen molar-refractivity contribution in [1.82, 2.24) is 10.2 Å². The standard InChI is InChI=1S/C21H23ClN2O4S/c22-17-6-8-19(9-7-17)29(27,28)15-12-20(25)24-13-10-18(11-14-24)23-21(26)16-4-2-1-3-5-16/h1-9,18H,10-15H2,(H,23,26). The zero-order valence-electron chi connectivity index (χ0n) is 15.9. The molecule has 3 rings (SSSR count). The summed E-state index contributed by atoms with van der Waals surface area (Å²) in [4.78, 5) is 26.5. The Morgan fingerprint density at radius 3 is 2.24 bits per heavy atom. The SMILES string of the molecule is O=C(NC1CCN(C(=O)CCS(=O)(=O)c2ccc(Cl)cc2)CC1)c1ccccc1. The Morgan fingerprint density at radius 2 is 1.62 bits per heavy atom. The molecule has 0 unspecified atom stereocenters. The summed E-state index contributed by atoms with van der Waals surface area (Å²) in [6.45, 7) is 0.999. The fourth-order valence-electron chi connectivity index (χ4n) is 3.27. The topological polar surface area (TPSA) is 83.6 Å². The smallest absolute Gasteiger partial charge is 0.251 e. The van der Waals surface area contributed by atoms with Crippen LogP contribution in [-0.4, -0.2) is 50.0 Å². The minimum atomic E-state index is -3.53. The van der Waals surface area contributed by atoms with E-state index in [1.807, 2.05) is 18.2 Å². The number of nitrogens with zero attached hydrogens (tertiary/aromatic N) is 1. The van der Waals surface area contributed by atoms with E-state index in [-0.39, 0.29) is 34.9 Å². The van der Waals surface area contributed by atoms with Crippen LogP contribution < -0.4 is 5.32 Å². The summed E-state index contributed by atoms with van der Waals surface area (Å²) in [5.41, 5.74) is 0.610. The highest BCUT2D eigenvalue weighted by atomic mass is 35.5. The molecule has 29 heavy (non-hydrogen) atoms. The van der Waals surface area contributed by atoms with Crippen LogP contribution in [0.4, 0.5) is 0 Å². The van der Waals surface area contributed by atoms with E-state index in [1.165, 1.54) is 24.3 Å². The molecule has 2 aromatic rings. The number of benzene rings is 2. The van der Waals surface area contributed by atoms with Gasteiger partial charge in [0, 0.05) is 36.1 Å². The minimum Gasteiger partial charge on any atom is -0.349 e. The monoisotopic (exact) mass is 434 g/mol. The van der Waals surface area contributed by atoms with Crippen LogP contribution >= 0.6 is 11.6 Å². The second-order valence-corrected chi connectivity index (χ2v) is 9.56. The first-order chi connectivity index (χ1) is 13.8. The lowest BCUT2D eigenvalue weighted by Crippen LogP contribution is -2.46. The Morgan fingerprint density at radius 1 is 1.00 bits per heavy atom. The van der Waals surface area contributed by atoms with Crippen molar-refractivity contribution in [3.05, 3.63) is 65.2 Å². The Hall–Kier alpha value is -2.38. The molecule has 0 aliphatic carbocycles. The molecule has 0 bridgehead atoms. The van der Waals surface area contributed by atoms with Crippen LogP contribution in [-0.2, 0) is 14.6 Å². The number of hydrogen-bond donors (Lipinski definition) is 1. The van der Waals surface area contributed by atoms with Crippen molar-refractivity contribution >= 4 is 33.3 Å². The van der Waals surface area contributed by atoms with Gasteiger partial charge in [-0.1, -0.05) is 29.8 Å². The van der Waals surface area contributed by atoms with Crippen LogP contribution in [0.2, 0.25) is 5.02 Å². The quantitative estimate of drug-likeness (QED) is 0.757. The molecule has 2 amide bonds. The molecule has 6 nitrogen and oxygen atoms in total. The lowest BCUT2D eigenvalue weighted by atomic mass is 10.0. The van der Waals surface area contributed by atoms with E-state index in [0.717, 1.165) is 0 Å². The van der Waals surface area contributed by atoms with Crippen molar-refractivity contribution in [2.24, 2.45) is 0 Å². The van der Waals surface area contributed by atoms with Gasteiger partial charge < -0.3 is 10.2 Å². The van der Waals surface area contributed by atoms with Crippen molar-refractivity contribution < 1.29 is 18.0 Å². The first-order valence-corrected chi connectivity index (χ1v) is 11.5. The van der Waals surface area contributed by atoms with Gasteiger partial charge in [-0.05, 0) is 49.2 Å². The van der Waals surface area contributed by atoms with Gasteiger partial charge in [-0.2, -0.15) is 0 Å². The third-order valence-corrected chi connectivity index (χ3v) is 6.96. The fraction of sp³-hybridized carbons (Fsp3) is 0.333. The van der Waals surface area contributed by atoms with Crippen LogP contribution in [0.3, 0.4) is 0 Å². The fourth-order valence-corrected chi connectivity index (χ4v) is 4.63. The molecule has 1 fully saturated rings. The largest absolute Gasteiger partial charge is 0.349 e. The van der Waals surface area contributed by atoms with E-state index in [2.05, 4.69) is 5.32 Å². The van der Waals surface area contributed by atoms with Crippen LogP contribution in [0.15, 0.2) is 59.5 Å². The van der Waals surface area contributed by atoms with Crippen molar-refractivity contribution in [3.63, 3.8) is 0 Å². The highest BCUT2D eigenvalue weighted by Crippen LogP contribution is 2.17. The average molecular weight is 435 g/mol.